The fourth-order valence-corrected chi connectivity index (χ4v) is 3.72. The molecule has 1 heterocycles. The summed E-state index contributed by atoms with van der Waals surface area (Å²) in [5, 5.41) is 33.7. The third kappa shape index (κ3) is 4.96. The van der Waals surface area contributed by atoms with Gasteiger partial charge in [-0.15, -0.1) is 0 Å². The molecule has 0 unspecified atom stereocenters. The summed E-state index contributed by atoms with van der Waals surface area (Å²) in [6.07, 6.45) is 1.25. The Morgan fingerprint density at radius 2 is 1.87 bits per heavy atom. The fraction of sp³-hybridized carbons (Fsp3) is 0. The summed E-state index contributed by atoms with van der Waals surface area (Å²) >= 11 is 11.0. The maximum absolute atomic E-state index is 12.7. The van der Waals surface area contributed by atoms with Gasteiger partial charge in [0, 0.05) is 17.3 Å². The van der Waals surface area contributed by atoms with Crippen LogP contribution in [0.3, 0.4) is 0 Å². The highest BCUT2D eigenvalue weighted by Crippen LogP contribution is 2.36. The molecular weight excluding hydrogens is 464 g/mol. The molecule has 2 aromatic rings. The Morgan fingerprint density at radius 1 is 1.19 bits per heavy atom. The lowest BCUT2D eigenvalue weighted by molar-refractivity contribution is -0.385. The lowest BCUT2D eigenvalue weighted by atomic mass is 10.1. The first-order valence-electron chi connectivity index (χ1n) is 8.32. The van der Waals surface area contributed by atoms with Crippen molar-refractivity contribution in [1.29, 1.82) is 0 Å². The molecule has 31 heavy (non-hydrogen) atoms. The fourth-order valence-electron chi connectivity index (χ4n) is 2.40. The molecule has 13 heteroatoms. The number of anilines is 1. The van der Waals surface area contributed by atoms with Crippen LogP contribution in [0.5, 0.6) is 11.5 Å². The summed E-state index contributed by atoms with van der Waals surface area (Å²) in [6.45, 7) is 0. The maximum Gasteiger partial charge on any atom is 0.311 e. The largest absolute Gasteiger partial charge is 0.508 e. The lowest BCUT2D eigenvalue weighted by Crippen LogP contribution is -2.48. The Balaban J connectivity index is 1.73. The number of nitro benzene ring substituents is 1. The maximum atomic E-state index is 12.7. The van der Waals surface area contributed by atoms with Crippen molar-refractivity contribution < 1.29 is 24.7 Å². The molecule has 0 spiro atoms. The van der Waals surface area contributed by atoms with Crippen molar-refractivity contribution in [2.75, 3.05) is 5.32 Å². The number of thioether (sulfide) groups is 1. The SMILES string of the molecule is O=C(Nc1ccc(O)cc1)C(=S)NN1C(=O)/C(=C\c2cccc([N+](=O)[O-])c2O)SC1=S. The normalized spacial score (nSPS) is 14.6. The monoisotopic (exact) mass is 476 g/mol. The van der Waals surface area contributed by atoms with Crippen LogP contribution in [-0.2, 0) is 9.59 Å². The molecule has 0 bridgehead atoms. The number of carbonyl (C=O) groups excluding carboxylic acids is 2. The van der Waals surface area contributed by atoms with Crippen molar-refractivity contribution in [3.05, 3.63) is 63.0 Å². The highest BCUT2D eigenvalue weighted by Gasteiger charge is 2.34. The lowest BCUT2D eigenvalue weighted by Gasteiger charge is -2.17. The van der Waals surface area contributed by atoms with Gasteiger partial charge in [-0.3, -0.25) is 25.1 Å². The van der Waals surface area contributed by atoms with Gasteiger partial charge >= 0.3 is 5.69 Å². The zero-order chi connectivity index (χ0) is 22.7. The molecule has 1 fully saturated rings. The molecule has 0 atom stereocenters. The number of para-hydroxylation sites is 1. The van der Waals surface area contributed by atoms with E-state index in [4.69, 9.17) is 24.4 Å². The van der Waals surface area contributed by atoms with Crippen molar-refractivity contribution in [3.63, 3.8) is 0 Å². The van der Waals surface area contributed by atoms with Gasteiger partial charge in [0.25, 0.3) is 11.8 Å². The number of hydrogen-bond donors (Lipinski definition) is 4. The average Bonchev–Trinajstić information content (AvgIpc) is 2.98. The van der Waals surface area contributed by atoms with Gasteiger partial charge in [-0.2, -0.15) is 5.01 Å². The van der Waals surface area contributed by atoms with Gasteiger partial charge in [0.1, 0.15) is 5.75 Å². The number of thiocarbonyl (C=S) groups is 2. The number of rotatable bonds is 4. The molecule has 0 aliphatic carbocycles. The van der Waals surface area contributed by atoms with E-state index >= 15 is 0 Å². The van der Waals surface area contributed by atoms with Crippen LogP contribution in [0.4, 0.5) is 11.4 Å². The molecule has 10 nitrogen and oxygen atoms in total. The van der Waals surface area contributed by atoms with Crippen LogP contribution in [-0.4, -0.2) is 41.3 Å². The first-order chi connectivity index (χ1) is 14.7. The molecule has 0 radical (unpaired) electrons. The molecule has 1 aliphatic rings. The molecule has 1 saturated heterocycles. The van der Waals surface area contributed by atoms with Crippen LogP contribution < -0.4 is 10.7 Å². The molecule has 0 aromatic heterocycles. The van der Waals surface area contributed by atoms with E-state index in [9.17, 15) is 29.9 Å². The number of benzene rings is 2. The minimum Gasteiger partial charge on any atom is -0.508 e. The molecule has 1 aliphatic heterocycles. The van der Waals surface area contributed by atoms with Crippen LogP contribution in [0.2, 0.25) is 0 Å². The van der Waals surface area contributed by atoms with E-state index in [1.165, 1.54) is 42.5 Å². The first kappa shape index (κ1) is 22.1. The third-order valence-corrected chi connectivity index (χ3v) is 5.45. The Kier molecular flexibility index (Phi) is 6.48. The number of nitrogens with zero attached hydrogens (tertiary/aromatic N) is 2. The predicted molar refractivity (Wildman–Crippen MR) is 122 cm³/mol. The van der Waals surface area contributed by atoms with Crippen molar-refractivity contribution in [2.45, 2.75) is 0 Å². The standard InChI is InChI=1S/C18H12N4O6S3/c23-11-6-4-10(5-7-11)19-15(25)16(29)20-21-17(26)13(31-18(21)30)8-9-2-1-3-12(14(9)24)22(27)28/h1-8,23-24H,(H,19,25)(H,20,29)/b13-8+. The second kappa shape index (κ2) is 9.07. The van der Waals surface area contributed by atoms with Crippen LogP contribution in [0.15, 0.2) is 47.4 Å². The Bertz CT molecular complexity index is 1150. The Morgan fingerprint density at radius 3 is 2.52 bits per heavy atom. The summed E-state index contributed by atoms with van der Waals surface area (Å²) in [5.74, 6) is -1.93. The highest BCUT2D eigenvalue weighted by atomic mass is 32.2. The van der Waals surface area contributed by atoms with E-state index in [1.807, 2.05) is 0 Å². The average molecular weight is 477 g/mol. The van der Waals surface area contributed by atoms with Crippen molar-refractivity contribution >= 4 is 74.8 Å². The highest BCUT2D eigenvalue weighted by molar-refractivity contribution is 8.26. The second-order valence-electron chi connectivity index (χ2n) is 5.93. The number of hydrogen-bond acceptors (Lipinski definition) is 9. The van der Waals surface area contributed by atoms with Gasteiger partial charge in [0.05, 0.1) is 9.83 Å². The Hall–Kier alpha value is -3.55. The number of phenols is 2. The van der Waals surface area contributed by atoms with Crippen LogP contribution in [0.1, 0.15) is 5.56 Å². The number of amides is 2. The first-order valence-corrected chi connectivity index (χ1v) is 9.96. The van der Waals surface area contributed by atoms with Gasteiger partial charge in [0.15, 0.2) is 9.31 Å². The molecule has 2 aromatic carbocycles. The number of nitro groups is 1. The van der Waals surface area contributed by atoms with E-state index in [2.05, 4.69) is 10.7 Å². The molecule has 3 rings (SSSR count). The summed E-state index contributed by atoms with van der Waals surface area (Å²) in [7, 11) is 0. The quantitative estimate of drug-likeness (QED) is 0.171. The molecule has 2 amide bonds. The zero-order valence-electron chi connectivity index (χ0n) is 15.3. The summed E-state index contributed by atoms with van der Waals surface area (Å²) in [6, 6.07) is 9.58. The molecule has 0 saturated carbocycles. The molecule has 4 N–H and O–H groups in total. The van der Waals surface area contributed by atoms with E-state index < -0.39 is 28.2 Å². The number of phenolic OH excluding ortho intramolecular Hbond substituents is 2. The third-order valence-electron chi connectivity index (χ3n) is 3.87. The summed E-state index contributed by atoms with van der Waals surface area (Å²) < 4.78 is 0.0426. The van der Waals surface area contributed by atoms with Crippen molar-refractivity contribution in [2.24, 2.45) is 0 Å². The number of carbonyl (C=O) groups is 2. The number of aromatic hydroxyl groups is 2. The zero-order valence-corrected chi connectivity index (χ0v) is 17.7. The van der Waals surface area contributed by atoms with Crippen LogP contribution in [0.25, 0.3) is 6.08 Å². The van der Waals surface area contributed by atoms with Gasteiger partial charge in [-0.1, -0.05) is 36.1 Å². The second-order valence-corrected chi connectivity index (χ2v) is 8.02. The molecular formula is C18H12N4O6S3. The van der Waals surface area contributed by atoms with Gasteiger partial charge in [-0.25, -0.2) is 0 Å². The van der Waals surface area contributed by atoms with Crippen LogP contribution in [0, 0.1) is 10.1 Å². The van der Waals surface area contributed by atoms with E-state index in [1.54, 1.807) is 0 Å². The van der Waals surface area contributed by atoms with Crippen LogP contribution >= 0.6 is 36.2 Å². The van der Waals surface area contributed by atoms with Crippen molar-refractivity contribution in [3.8, 4) is 11.5 Å². The van der Waals surface area contributed by atoms with Gasteiger partial charge < -0.3 is 15.5 Å². The minimum atomic E-state index is -0.745. The topological polar surface area (TPSA) is 145 Å². The predicted octanol–water partition coefficient (Wildman–Crippen LogP) is 2.68. The Labute approximate surface area is 189 Å². The van der Waals surface area contributed by atoms with E-state index in [0.29, 0.717) is 5.69 Å². The van der Waals surface area contributed by atoms with E-state index in [-0.39, 0.29) is 25.5 Å². The smallest absolute Gasteiger partial charge is 0.311 e. The van der Waals surface area contributed by atoms with Crippen molar-refractivity contribution in [1.82, 2.24) is 10.4 Å². The minimum absolute atomic E-state index is 0.0258. The van der Waals surface area contributed by atoms with E-state index in [0.717, 1.165) is 22.8 Å². The van der Waals surface area contributed by atoms with Gasteiger partial charge in [-0.05, 0) is 42.6 Å². The number of nitrogens with one attached hydrogen (secondary N) is 2. The van der Waals surface area contributed by atoms with Gasteiger partial charge in [0.2, 0.25) is 5.75 Å². The number of hydrazine groups is 1. The molecule has 158 valence electrons. The summed E-state index contributed by atoms with van der Waals surface area (Å²) in [5.41, 5.74) is 2.38. The summed E-state index contributed by atoms with van der Waals surface area (Å²) in [4.78, 5) is 34.8.